The zero-order chi connectivity index (χ0) is 18.1. The average Bonchev–Trinajstić information content (AvgIpc) is 2.56. The molecule has 0 atom stereocenters. The fourth-order valence-corrected chi connectivity index (χ4v) is 3.07. The number of hydrogen-bond donors (Lipinski definition) is 0. The fourth-order valence-electron chi connectivity index (χ4n) is 2.68. The molecule has 0 N–H and O–H groups in total. The molecule has 0 saturated carbocycles. The van der Waals surface area contributed by atoms with E-state index in [1.807, 2.05) is 26.0 Å². The maximum Gasteiger partial charge on any atom is 0.422 e. The summed E-state index contributed by atoms with van der Waals surface area (Å²) in [5.41, 5.74) is 1.46. The zero-order valence-electron chi connectivity index (χ0n) is 13.6. The van der Waals surface area contributed by atoms with Crippen LogP contribution in [0.5, 0.6) is 5.75 Å². The lowest BCUT2D eigenvalue weighted by Crippen LogP contribution is -2.27. The fraction of sp³-hybridized carbons (Fsp3) is 0.222. The first-order valence-corrected chi connectivity index (χ1v) is 8.36. The Morgan fingerprint density at radius 3 is 2.48 bits per heavy atom. The van der Waals surface area contributed by atoms with Gasteiger partial charge in [0.15, 0.2) is 0 Å². The first-order chi connectivity index (χ1) is 11.9. The van der Waals surface area contributed by atoms with Crippen LogP contribution in [0, 0.1) is 13.8 Å². The molecule has 1 heterocycles. The molecule has 0 aliphatic rings. The average molecular weight is 380 g/mol. The third-order valence-corrected chi connectivity index (χ3v) is 4.77. The van der Waals surface area contributed by atoms with Crippen molar-refractivity contribution < 1.29 is 9.15 Å². The second kappa shape index (κ2) is 6.94. The van der Waals surface area contributed by atoms with Crippen LogP contribution >= 0.6 is 23.2 Å². The number of nitrogens with zero attached hydrogens (tertiary/aromatic N) is 1. The smallest absolute Gasteiger partial charge is 0.422 e. The van der Waals surface area contributed by atoms with Gasteiger partial charge in [-0.05, 0) is 49.2 Å². The maximum absolute atomic E-state index is 12.1. The summed E-state index contributed by atoms with van der Waals surface area (Å²) >= 11 is 12.3. The molecule has 130 valence electrons. The summed E-state index contributed by atoms with van der Waals surface area (Å²) in [6.07, 6.45) is 0. The predicted molar refractivity (Wildman–Crippen MR) is 98.2 cm³/mol. The Labute approximate surface area is 153 Å². The molecular formula is C18H15Cl2NO4. The summed E-state index contributed by atoms with van der Waals surface area (Å²) in [4.78, 5) is 23.9. The second-order valence-electron chi connectivity index (χ2n) is 5.66. The lowest BCUT2D eigenvalue weighted by atomic mass is 10.1. The predicted octanol–water partition coefficient (Wildman–Crippen LogP) is 3.96. The van der Waals surface area contributed by atoms with Crippen molar-refractivity contribution in [3.8, 4) is 5.75 Å². The van der Waals surface area contributed by atoms with E-state index in [9.17, 15) is 9.59 Å². The number of ether oxygens (including phenoxy) is 1. The Bertz CT molecular complexity index is 1050. The largest absolute Gasteiger partial charge is 0.492 e. The van der Waals surface area contributed by atoms with Crippen molar-refractivity contribution in [3.05, 3.63) is 72.5 Å². The molecule has 3 aromatic rings. The summed E-state index contributed by atoms with van der Waals surface area (Å²) in [6.45, 7) is 4.18. The van der Waals surface area contributed by atoms with Gasteiger partial charge in [-0.2, -0.15) is 0 Å². The Balaban J connectivity index is 1.90. The van der Waals surface area contributed by atoms with Gasteiger partial charge < -0.3 is 9.15 Å². The van der Waals surface area contributed by atoms with Gasteiger partial charge in [0.25, 0.3) is 0 Å². The van der Waals surface area contributed by atoms with Crippen LogP contribution in [0.15, 0.2) is 44.3 Å². The standard InChI is InChI=1S/C18H15Cl2NO4/c1-10-8-12(9-11(2)15(10)20)24-7-6-21-16-13(4-3-5-14(16)19)17(22)25-18(21)23/h3-5,8-9H,6-7H2,1-2H3. The molecule has 2 aromatic carbocycles. The Morgan fingerprint density at radius 2 is 1.80 bits per heavy atom. The quantitative estimate of drug-likeness (QED) is 0.688. The van der Waals surface area contributed by atoms with E-state index in [0.29, 0.717) is 21.3 Å². The highest BCUT2D eigenvalue weighted by Crippen LogP contribution is 2.26. The minimum atomic E-state index is -0.766. The van der Waals surface area contributed by atoms with Crippen molar-refractivity contribution in [3.63, 3.8) is 0 Å². The molecule has 0 amide bonds. The highest BCUT2D eigenvalue weighted by atomic mass is 35.5. The van der Waals surface area contributed by atoms with E-state index in [1.165, 1.54) is 4.57 Å². The number of rotatable bonds is 4. The summed E-state index contributed by atoms with van der Waals surface area (Å²) in [6, 6.07) is 8.47. The van der Waals surface area contributed by atoms with Gasteiger partial charge >= 0.3 is 11.4 Å². The van der Waals surface area contributed by atoms with E-state index in [-0.39, 0.29) is 18.5 Å². The summed E-state index contributed by atoms with van der Waals surface area (Å²) in [7, 11) is 0. The normalized spacial score (nSPS) is 11.0. The third kappa shape index (κ3) is 3.43. The molecule has 1 aromatic heterocycles. The van der Waals surface area contributed by atoms with E-state index >= 15 is 0 Å². The first-order valence-electron chi connectivity index (χ1n) is 7.60. The summed E-state index contributed by atoms with van der Waals surface area (Å²) < 4.78 is 11.8. The molecule has 0 spiro atoms. The van der Waals surface area contributed by atoms with Gasteiger partial charge in [0.2, 0.25) is 0 Å². The third-order valence-electron chi connectivity index (χ3n) is 3.87. The lowest BCUT2D eigenvalue weighted by molar-refractivity contribution is 0.287. The Hall–Kier alpha value is -2.24. The van der Waals surface area contributed by atoms with Gasteiger partial charge in [0, 0.05) is 5.02 Å². The van der Waals surface area contributed by atoms with Gasteiger partial charge in [-0.15, -0.1) is 0 Å². The number of para-hydroxylation sites is 1. The van der Waals surface area contributed by atoms with Gasteiger partial charge in [-0.25, -0.2) is 9.59 Å². The molecule has 0 unspecified atom stereocenters. The summed E-state index contributed by atoms with van der Waals surface area (Å²) in [5, 5.41) is 1.26. The van der Waals surface area contributed by atoms with Gasteiger partial charge in [0.1, 0.15) is 12.4 Å². The van der Waals surface area contributed by atoms with Crippen molar-refractivity contribution >= 4 is 34.1 Å². The molecule has 0 bridgehead atoms. The number of halogens is 2. The first kappa shape index (κ1) is 17.6. The van der Waals surface area contributed by atoms with Crippen molar-refractivity contribution in [1.29, 1.82) is 0 Å². The van der Waals surface area contributed by atoms with E-state index in [2.05, 4.69) is 0 Å². The SMILES string of the molecule is Cc1cc(OCCn2c(=O)oc(=O)c3cccc(Cl)c32)cc(C)c1Cl. The van der Waals surface area contributed by atoms with Crippen LogP contribution in [0.3, 0.4) is 0 Å². The second-order valence-corrected chi connectivity index (χ2v) is 6.45. The minimum absolute atomic E-state index is 0.184. The van der Waals surface area contributed by atoms with E-state index in [1.54, 1.807) is 18.2 Å². The van der Waals surface area contributed by atoms with Gasteiger partial charge in [-0.3, -0.25) is 4.57 Å². The molecule has 0 fully saturated rings. The monoisotopic (exact) mass is 379 g/mol. The molecule has 0 aliphatic heterocycles. The van der Waals surface area contributed by atoms with E-state index < -0.39 is 11.4 Å². The van der Waals surface area contributed by atoms with Crippen LogP contribution < -0.4 is 16.1 Å². The maximum atomic E-state index is 12.1. The molecular weight excluding hydrogens is 365 g/mol. The molecule has 5 nitrogen and oxygen atoms in total. The number of aromatic nitrogens is 1. The van der Waals surface area contributed by atoms with Gasteiger partial charge in [-0.1, -0.05) is 29.3 Å². The lowest BCUT2D eigenvalue weighted by Gasteiger charge is -2.12. The highest BCUT2D eigenvalue weighted by molar-refractivity contribution is 6.35. The zero-order valence-corrected chi connectivity index (χ0v) is 15.1. The van der Waals surface area contributed by atoms with Crippen molar-refractivity contribution in [2.24, 2.45) is 0 Å². The molecule has 0 aliphatic carbocycles. The van der Waals surface area contributed by atoms with Gasteiger partial charge in [0.05, 0.1) is 22.5 Å². The van der Waals surface area contributed by atoms with Crippen molar-refractivity contribution in [2.75, 3.05) is 6.61 Å². The molecule has 25 heavy (non-hydrogen) atoms. The minimum Gasteiger partial charge on any atom is -0.492 e. The van der Waals surface area contributed by atoms with Crippen LogP contribution in [0.2, 0.25) is 10.0 Å². The van der Waals surface area contributed by atoms with E-state index in [0.717, 1.165) is 11.1 Å². The number of benzene rings is 2. The van der Waals surface area contributed by atoms with Crippen LogP contribution in [0.1, 0.15) is 11.1 Å². The molecule has 0 saturated heterocycles. The van der Waals surface area contributed by atoms with E-state index in [4.69, 9.17) is 32.4 Å². The highest BCUT2D eigenvalue weighted by Gasteiger charge is 2.12. The van der Waals surface area contributed by atoms with Crippen LogP contribution in [0.25, 0.3) is 10.9 Å². The topological polar surface area (TPSA) is 61.4 Å². The van der Waals surface area contributed by atoms with Crippen molar-refractivity contribution in [1.82, 2.24) is 4.57 Å². The molecule has 7 heteroatoms. The number of hydrogen-bond acceptors (Lipinski definition) is 4. The number of aryl methyl sites for hydroxylation is 2. The molecule has 3 rings (SSSR count). The Morgan fingerprint density at radius 1 is 1.12 bits per heavy atom. The Kier molecular flexibility index (Phi) is 4.88. The van der Waals surface area contributed by atoms with Crippen molar-refractivity contribution in [2.45, 2.75) is 20.4 Å². The number of fused-ring (bicyclic) bond motifs is 1. The van der Waals surface area contributed by atoms with Crippen LogP contribution in [-0.2, 0) is 6.54 Å². The summed E-state index contributed by atoms with van der Waals surface area (Å²) in [5.74, 6) is -0.113. The molecule has 0 radical (unpaired) electrons. The van der Waals surface area contributed by atoms with Crippen LogP contribution in [0.4, 0.5) is 0 Å². The van der Waals surface area contributed by atoms with Crippen LogP contribution in [-0.4, -0.2) is 11.2 Å².